The summed E-state index contributed by atoms with van der Waals surface area (Å²) >= 11 is 6.59. The Labute approximate surface area is 361 Å². The highest BCUT2D eigenvalue weighted by Gasteiger charge is 2.39. The molecule has 4 aliphatic rings. The van der Waals surface area contributed by atoms with Gasteiger partial charge in [0.15, 0.2) is 5.65 Å². The maximum Gasteiger partial charge on any atom is 0.323 e. The maximum atomic E-state index is 13.1. The number of urea groups is 1. The van der Waals surface area contributed by atoms with E-state index in [-0.39, 0.29) is 40.9 Å². The van der Waals surface area contributed by atoms with Crippen LogP contribution in [0.15, 0.2) is 53.4 Å². The molecule has 322 valence electrons. The predicted octanol–water partition coefficient (Wildman–Crippen LogP) is 5.73. The number of aryl methyl sites for hydroxylation is 1. The van der Waals surface area contributed by atoms with E-state index in [4.69, 9.17) is 16.1 Å². The summed E-state index contributed by atoms with van der Waals surface area (Å²) in [5.41, 5.74) is 5.44. The lowest BCUT2D eigenvalue weighted by Gasteiger charge is -2.36. The first-order valence-corrected chi connectivity index (χ1v) is 21.8. The first-order valence-electron chi connectivity index (χ1n) is 21.4. The molecule has 9 rings (SSSR count). The number of nitrogens with zero attached hydrogens (tertiary/aromatic N) is 9. The van der Waals surface area contributed by atoms with Crippen LogP contribution in [0.2, 0.25) is 5.02 Å². The first-order chi connectivity index (χ1) is 30.2. The second kappa shape index (κ2) is 17.9. The molecule has 2 saturated heterocycles. The van der Waals surface area contributed by atoms with E-state index < -0.39 is 18.0 Å². The number of piperidine rings is 1. The zero-order valence-electron chi connectivity index (χ0n) is 34.1. The lowest BCUT2D eigenvalue weighted by atomic mass is 9.86. The van der Waals surface area contributed by atoms with E-state index in [1.165, 1.54) is 12.6 Å². The van der Waals surface area contributed by atoms with Crippen LogP contribution in [0, 0.1) is 0 Å². The molecule has 1 aliphatic carbocycles. The molecule has 0 radical (unpaired) electrons. The molecule has 7 heterocycles. The number of carbonyl (C=O) groups is 5. The molecule has 19 heteroatoms. The SMILES string of the molecule is O=C1CCC(N2Cc3cc(N4CCN(C(=O)CCCCCc5nc(-c6ncc(NC(=O)Nc7cnc8ccnn8c7C7CCCCC7)cc6Cl)no5)CC4)ccc3C2=O)C(=O)N1. The predicted molar refractivity (Wildman–Crippen MR) is 227 cm³/mol. The van der Waals surface area contributed by atoms with Gasteiger partial charge in [-0.05, 0) is 61.9 Å². The van der Waals surface area contributed by atoms with Crippen molar-refractivity contribution in [3.63, 3.8) is 0 Å². The Balaban J connectivity index is 0.703. The number of fused-ring (bicyclic) bond motifs is 2. The van der Waals surface area contributed by atoms with Crippen LogP contribution < -0.4 is 20.9 Å². The topological polar surface area (TPSA) is 213 Å². The van der Waals surface area contributed by atoms with Gasteiger partial charge in [-0.25, -0.2) is 19.3 Å². The van der Waals surface area contributed by atoms with Crippen LogP contribution in [0.25, 0.3) is 17.2 Å². The monoisotopic (exact) mass is 862 g/mol. The number of carbonyl (C=O) groups excluding carboxylic acids is 5. The van der Waals surface area contributed by atoms with Gasteiger partial charge < -0.3 is 29.9 Å². The highest BCUT2D eigenvalue weighted by molar-refractivity contribution is 6.33. The van der Waals surface area contributed by atoms with Gasteiger partial charge in [0.1, 0.15) is 11.7 Å². The molecule has 3 aliphatic heterocycles. The Morgan fingerprint density at radius 2 is 1.76 bits per heavy atom. The number of imide groups is 1. The number of hydrogen-bond acceptors (Lipinski definition) is 12. The van der Waals surface area contributed by atoms with Crippen LogP contribution in [-0.4, -0.2) is 101 Å². The number of hydrogen-bond donors (Lipinski definition) is 3. The molecule has 5 aromatic rings. The van der Waals surface area contributed by atoms with E-state index >= 15 is 0 Å². The minimum atomic E-state index is -0.647. The standard InChI is InChI=1S/C43H47ClN12O6/c44-31-22-28(48-43(61)49-32-24-45-34-15-16-47-56(34)39(32)26-7-3-1-4-8-26)23-46-38(31)40-51-36(62-52-40)9-5-2-6-10-37(58)54-19-17-53(18-20-54)29-11-12-30-27(21-29)25-55(42(30)60)33-13-14-35(57)50-41(33)59/h11-12,15-16,21-24,26,33H,1-10,13-14,17-20,25H2,(H2,48,49,61)(H,50,57,59). The fourth-order valence-corrected chi connectivity index (χ4v) is 9.27. The van der Waals surface area contributed by atoms with Crippen LogP contribution in [0.3, 0.4) is 0 Å². The Morgan fingerprint density at radius 3 is 2.56 bits per heavy atom. The van der Waals surface area contributed by atoms with Crippen LogP contribution in [0.4, 0.5) is 21.9 Å². The molecular formula is C43H47ClN12O6. The van der Waals surface area contributed by atoms with Crippen LogP contribution >= 0.6 is 11.6 Å². The number of pyridine rings is 1. The molecule has 1 saturated carbocycles. The number of rotatable bonds is 12. The summed E-state index contributed by atoms with van der Waals surface area (Å²) in [5, 5.41) is 16.9. The van der Waals surface area contributed by atoms with E-state index in [0.29, 0.717) is 80.5 Å². The van der Waals surface area contributed by atoms with E-state index in [1.807, 2.05) is 33.7 Å². The molecule has 18 nitrogen and oxygen atoms in total. The summed E-state index contributed by atoms with van der Waals surface area (Å²) in [5.74, 6) is 0.157. The normalized spacial score (nSPS) is 18.3. The van der Waals surface area contributed by atoms with Crippen molar-refractivity contribution in [3.05, 3.63) is 76.7 Å². The average molecular weight is 863 g/mol. The van der Waals surface area contributed by atoms with Crippen molar-refractivity contribution in [2.75, 3.05) is 41.7 Å². The Kier molecular flexibility index (Phi) is 11.8. The first kappa shape index (κ1) is 40.9. The molecule has 4 aromatic heterocycles. The summed E-state index contributed by atoms with van der Waals surface area (Å²) in [4.78, 5) is 82.4. The van der Waals surface area contributed by atoms with Crippen LogP contribution in [0.5, 0.6) is 0 Å². The summed E-state index contributed by atoms with van der Waals surface area (Å²) in [6.45, 7) is 2.88. The van der Waals surface area contributed by atoms with Gasteiger partial charge in [0.05, 0.1) is 40.7 Å². The second-order valence-corrected chi connectivity index (χ2v) is 16.7. The number of benzene rings is 1. The van der Waals surface area contributed by atoms with Gasteiger partial charge in [-0.2, -0.15) is 10.1 Å². The maximum absolute atomic E-state index is 13.1. The number of piperazine rings is 1. The molecule has 1 atom stereocenters. The highest BCUT2D eigenvalue weighted by Crippen LogP contribution is 2.37. The van der Waals surface area contributed by atoms with E-state index in [2.05, 4.69) is 46.1 Å². The number of nitrogens with one attached hydrogen (secondary N) is 3. The van der Waals surface area contributed by atoms with Crippen molar-refractivity contribution in [1.29, 1.82) is 0 Å². The van der Waals surface area contributed by atoms with Gasteiger partial charge in [-0.15, -0.1) is 0 Å². The molecule has 0 spiro atoms. The minimum absolute atomic E-state index is 0.122. The van der Waals surface area contributed by atoms with Gasteiger partial charge in [-0.1, -0.05) is 42.4 Å². The molecule has 3 fully saturated rings. The van der Waals surface area contributed by atoms with Crippen molar-refractivity contribution >= 4 is 64.0 Å². The molecule has 1 aromatic carbocycles. The third-order valence-electron chi connectivity index (χ3n) is 12.3. The Hall–Kier alpha value is -6.43. The fourth-order valence-electron chi connectivity index (χ4n) is 9.02. The van der Waals surface area contributed by atoms with Crippen molar-refractivity contribution in [2.24, 2.45) is 0 Å². The van der Waals surface area contributed by atoms with Crippen LogP contribution in [-0.2, 0) is 27.3 Å². The number of halogens is 1. The zero-order valence-corrected chi connectivity index (χ0v) is 34.9. The van der Waals surface area contributed by atoms with Gasteiger partial charge in [0, 0.05) is 75.2 Å². The summed E-state index contributed by atoms with van der Waals surface area (Å²) in [7, 11) is 0. The Bertz CT molecular complexity index is 2530. The largest absolute Gasteiger partial charge is 0.368 e. The fraction of sp³-hybridized carbons (Fsp3) is 0.442. The van der Waals surface area contributed by atoms with E-state index in [0.717, 1.165) is 67.5 Å². The quantitative estimate of drug-likeness (QED) is 0.101. The number of amides is 6. The lowest BCUT2D eigenvalue weighted by Crippen LogP contribution is -2.52. The van der Waals surface area contributed by atoms with E-state index in [9.17, 15) is 24.0 Å². The van der Waals surface area contributed by atoms with Crippen molar-refractivity contribution in [1.82, 2.24) is 44.8 Å². The van der Waals surface area contributed by atoms with Gasteiger partial charge in [0.25, 0.3) is 5.91 Å². The molecule has 6 amide bonds. The van der Waals surface area contributed by atoms with Crippen molar-refractivity contribution in [3.8, 4) is 11.5 Å². The third kappa shape index (κ3) is 8.68. The lowest BCUT2D eigenvalue weighted by molar-refractivity contribution is -0.137. The third-order valence-corrected chi connectivity index (χ3v) is 12.5. The summed E-state index contributed by atoms with van der Waals surface area (Å²) in [6, 6.07) is 8.07. The summed E-state index contributed by atoms with van der Waals surface area (Å²) in [6.07, 6.45) is 14.2. The summed E-state index contributed by atoms with van der Waals surface area (Å²) < 4.78 is 7.30. The highest BCUT2D eigenvalue weighted by atomic mass is 35.5. The zero-order chi connectivity index (χ0) is 42.7. The van der Waals surface area contributed by atoms with Gasteiger partial charge >= 0.3 is 6.03 Å². The second-order valence-electron chi connectivity index (χ2n) is 16.3. The smallest absolute Gasteiger partial charge is 0.323 e. The minimum Gasteiger partial charge on any atom is -0.368 e. The number of unbranched alkanes of at least 4 members (excludes halogenated alkanes) is 2. The van der Waals surface area contributed by atoms with Crippen LogP contribution in [0.1, 0.15) is 104 Å². The molecule has 0 bridgehead atoms. The number of anilines is 3. The molecular weight excluding hydrogens is 816 g/mol. The number of aromatic nitrogens is 6. The average Bonchev–Trinajstić information content (AvgIpc) is 4.03. The van der Waals surface area contributed by atoms with Gasteiger partial charge in [-0.3, -0.25) is 24.5 Å². The van der Waals surface area contributed by atoms with Crippen molar-refractivity contribution < 1.29 is 28.5 Å². The molecule has 62 heavy (non-hydrogen) atoms. The molecule has 3 N–H and O–H groups in total. The van der Waals surface area contributed by atoms with Gasteiger partial charge in [0.2, 0.25) is 29.4 Å². The molecule has 1 unspecified atom stereocenters. The Morgan fingerprint density at radius 1 is 0.919 bits per heavy atom. The van der Waals surface area contributed by atoms with Crippen molar-refractivity contribution in [2.45, 2.75) is 95.6 Å². The van der Waals surface area contributed by atoms with E-state index in [1.54, 1.807) is 23.4 Å².